The molecule has 0 atom stereocenters. The van der Waals surface area contributed by atoms with Gasteiger partial charge in [-0.3, -0.25) is 0 Å². The molecular weight excluding hydrogens is 480 g/mol. The van der Waals surface area contributed by atoms with Gasteiger partial charge in [0.1, 0.15) is 0 Å². The summed E-state index contributed by atoms with van der Waals surface area (Å²) in [7, 11) is 0. The van der Waals surface area contributed by atoms with Crippen LogP contribution in [0.4, 0.5) is 0 Å². The smallest absolute Gasteiger partial charge is 0.0257 e. The summed E-state index contributed by atoms with van der Waals surface area (Å²) in [5.41, 5.74) is 14.8. The molecular formula is C40H54. The standard InChI is InChI=1S/C40H54/c1-9-33(29-27-31-23-19-17-20-24-31)35(11-3)37(13-5)39(15-7)40(16-8)38(14-6)36(12-4)34(10-2)30-28-32-25-21-18-22-26-32/h17-30H,9-16H2,1-8H3/b29-27+,30-28+,35-33-,36-34-,39-37-,40-38-. The van der Waals surface area contributed by atoms with Crippen LogP contribution >= 0.6 is 0 Å². The average molecular weight is 535 g/mol. The van der Waals surface area contributed by atoms with Crippen LogP contribution in [0.5, 0.6) is 0 Å². The first-order chi connectivity index (χ1) is 19.5. The Kier molecular flexibility index (Phi) is 15.1. The highest BCUT2D eigenvalue weighted by atomic mass is 14.2. The second-order valence-electron chi connectivity index (χ2n) is 10.2. The molecule has 0 amide bonds. The van der Waals surface area contributed by atoms with Crippen molar-refractivity contribution in [2.24, 2.45) is 0 Å². The van der Waals surface area contributed by atoms with Gasteiger partial charge in [0.05, 0.1) is 0 Å². The third kappa shape index (κ3) is 8.95. The fourth-order valence-corrected chi connectivity index (χ4v) is 6.09. The van der Waals surface area contributed by atoms with Crippen LogP contribution in [0, 0.1) is 0 Å². The van der Waals surface area contributed by atoms with Gasteiger partial charge in [-0.1, -0.05) is 140 Å². The Hall–Kier alpha value is -3.12. The lowest BCUT2D eigenvalue weighted by atomic mass is 9.81. The van der Waals surface area contributed by atoms with Gasteiger partial charge < -0.3 is 0 Å². The summed E-state index contributed by atoms with van der Waals surface area (Å²) in [6.07, 6.45) is 17.8. The van der Waals surface area contributed by atoms with Crippen LogP contribution < -0.4 is 0 Å². The van der Waals surface area contributed by atoms with Gasteiger partial charge in [-0.05, 0) is 107 Å². The number of allylic oxidation sites excluding steroid dienone is 10. The Morgan fingerprint density at radius 3 is 0.900 bits per heavy atom. The van der Waals surface area contributed by atoms with E-state index in [-0.39, 0.29) is 0 Å². The van der Waals surface area contributed by atoms with Gasteiger partial charge in [0.25, 0.3) is 0 Å². The summed E-state index contributed by atoms with van der Waals surface area (Å²) >= 11 is 0. The zero-order valence-corrected chi connectivity index (χ0v) is 26.7. The number of hydrogen-bond acceptors (Lipinski definition) is 0. The minimum absolute atomic E-state index is 1.04. The van der Waals surface area contributed by atoms with Crippen molar-refractivity contribution >= 4 is 12.2 Å². The normalized spacial score (nSPS) is 14.7. The maximum absolute atomic E-state index is 2.37. The third-order valence-electron chi connectivity index (χ3n) is 8.03. The van der Waals surface area contributed by atoms with Gasteiger partial charge in [-0.2, -0.15) is 0 Å². The molecule has 0 heteroatoms. The second kappa shape index (κ2) is 18.3. The molecule has 0 aliphatic heterocycles. The van der Waals surface area contributed by atoms with E-state index in [1.807, 2.05) is 0 Å². The first-order valence-corrected chi connectivity index (χ1v) is 15.9. The topological polar surface area (TPSA) is 0 Å². The lowest BCUT2D eigenvalue weighted by molar-refractivity contribution is 0.888. The summed E-state index contributed by atoms with van der Waals surface area (Å²) in [6.45, 7) is 18.7. The number of benzene rings is 2. The van der Waals surface area contributed by atoms with Gasteiger partial charge in [0.2, 0.25) is 0 Å². The average Bonchev–Trinajstić information content (AvgIpc) is 3.01. The van der Waals surface area contributed by atoms with Gasteiger partial charge >= 0.3 is 0 Å². The minimum atomic E-state index is 1.04. The fraction of sp³-hybridized carbons (Fsp3) is 0.400. The highest BCUT2D eigenvalue weighted by Gasteiger charge is 2.18. The van der Waals surface area contributed by atoms with E-state index in [4.69, 9.17) is 0 Å². The monoisotopic (exact) mass is 534 g/mol. The summed E-state index contributed by atoms with van der Waals surface area (Å²) in [6, 6.07) is 21.4. The molecule has 2 aromatic carbocycles. The van der Waals surface area contributed by atoms with E-state index >= 15 is 0 Å². The van der Waals surface area contributed by atoms with Gasteiger partial charge in [-0.25, -0.2) is 0 Å². The van der Waals surface area contributed by atoms with E-state index in [0.29, 0.717) is 0 Å². The molecule has 0 N–H and O–H groups in total. The van der Waals surface area contributed by atoms with E-state index in [0.717, 1.165) is 51.4 Å². The first-order valence-electron chi connectivity index (χ1n) is 15.9. The zero-order chi connectivity index (χ0) is 29.3. The Morgan fingerprint density at radius 2 is 0.650 bits per heavy atom. The molecule has 0 bridgehead atoms. The molecule has 0 radical (unpaired) electrons. The molecule has 0 aliphatic rings. The molecule has 40 heavy (non-hydrogen) atoms. The summed E-state index contributed by atoms with van der Waals surface area (Å²) in [4.78, 5) is 0. The first kappa shape index (κ1) is 33.1. The van der Waals surface area contributed by atoms with E-state index < -0.39 is 0 Å². The van der Waals surface area contributed by atoms with Crippen LogP contribution in [0.1, 0.15) is 118 Å². The van der Waals surface area contributed by atoms with Crippen molar-refractivity contribution in [2.75, 3.05) is 0 Å². The quantitative estimate of drug-likeness (QED) is 0.199. The lowest BCUT2D eigenvalue weighted by Crippen LogP contribution is -2.05. The van der Waals surface area contributed by atoms with Crippen LogP contribution in [0.25, 0.3) is 12.2 Å². The van der Waals surface area contributed by atoms with Gasteiger partial charge in [-0.15, -0.1) is 0 Å². The molecule has 0 aliphatic carbocycles. The SMILES string of the molecule is CCC(/C=C/c1ccccc1)=C(CC)/C(CC)=C(CC)\C(CC)=C(CC)/C(CC)=C(\C=C\c1ccccc1)CC. The fourth-order valence-electron chi connectivity index (χ4n) is 6.09. The molecule has 0 unspecified atom stereocenters. The maximum Gasteiger partial charge on any atom is -0.0257 e. The molecule has 0 fully saturated rings. The molecule has 0 nitrogen and oxygen atoms in total. The van der Waals surface area contributed by atoms with Crippen molar-refractivity contribution < 1.29 is 0 Å². The van der Waals surface area contributed by atoms with Crippen LogP contribution in [-0.2, 0) is 0 Å². The van der Waals surface area contributed by atoms with Crippen molar-refractivity contribution in [3.8, 4) is 0 Å². The van der Waals surface area contributed by atoms with Crippen LogP contribution in [-0.4, -0.2) is 0 Å². The highest BCUT2D eigenvalue weighted by Crippen LogP contribution is 2.38. The lowest BCUT2D eigenvalue weighted by Gasteiger charge is -2.24. The Bertz CT molecular complexity index is 1120. The Morgan fingerprint density at radius 1 is 0.375 bits per heavy atom. The molecule has 0 aromatic heterocycles. The van der Waals surface area contributed by atoms with Crippen molar-refractivity contribution in [3.63, 3.8) is 0 Å². The zero-order valence-electron chi connectivity index (χ0n) is 26.7. The molecule has 0 saturated carbocycles. The van der Waals surface area contributed by atoms with Crippen molar-refractivity contribution in [1.82, 2.24) is 0 Å². The summed E-state index contributed by atoms with van der Waals surface area (Å²) in [5.74, 6) is 0. The molecule has 0 spiro atoms. The molecule has 0 saturated heterocycles. The largest absolute Gasteiger partial charge is 0.0622 e. The van der Waals surface area contributed by atoms with Crippen molar-refractivity contribution in [1.29, 1.82) is 0 Å². The predicted octanol–water partition coefficient (Wildman–Crippen LogP) is 12.9. The van der Waals surface area contributed by atoms with Gasteiger partial charge in [0.15, 0.2) is 0 Å². The van der Waals surface area contributed by atoms with E-state index in [2.05, 4.69) is 140 Å². The molecule has 0 heterocycles. The summed E-state index contributed by atoms with van der Waals surface area (Å²) < 4.78 is 0. The van der Waals surface area contributed by atoms with E-state index in [9.17, 15) is 0 Å². The van der Waals surface area contributed by atoms with E-state index in [1.165, 1.54) is 33.4 Å². The van der Waals surface area contributed by atoms with Crippen LogP contribution in [0.2, 0.25) is 0 Å². The Balaban J connectivity index is 2.78. The minimum Gasteiger partial charge on any atom is -0.0622 e. The van der Waals surface area contributed by atoms with Crippen LogP contribution in [0.15, 0.2) is 117 Å². The predicted molar refractivity (Wildman–Crippen MR) is 181 cm³/mol. The van der Waals surface area contributed by atoms with Crippen molar-refractivity contribution in [2.45, 2.75) is 107 Å². The number of rotatable bonds is 15. The van der Waals surface area contributed by atoms with Crippen LogP contribution in [0.3, 0.4) is 0 Å². The number of hydrogen-bond donors (Lipinski definition) is 0. The second-order valence-corrected chi connectivity index (χ2v) is 10.2. The Labute approximate surface area is 247 Å². The summed E-state index contributed by atoms with van der Waals surface area (Å²) in [5, 5.41) is 0. The van der Waals surface area contributed by atoms with Crippen molar-refractivity contribution in [3.05, 3.63) is 129 Å². The molecule has 2 aromatic rings. The van der Waals surface area contributed by atoms with Gasteiger partial charge in [0, 0.05) is 0 Å². The van der Waals surface area contributed by atoms with E-state index in [1.54, 1.807) is 22.3 Å². The maximum atomic E-state index is 2.37. The molecule has 2 rings (SSSR count). The molecule has 214 valence electrons. The third-order valence-corrected chi connectivity index (χ3v) is 8.03. The highest BCUT2D eigenvalue weighted by molar-refractivity contribution is 5.59.